The summed E-state index contributed by atoms with van der Waals surface area (Å²) in [4.78, 5) is 38.8. The number of fused-ring (bicyclic) bond motifs is 3. The van der Waals surface area contributed by atoms with Gasteiger partial charge in [-0.3, -0.25) is 9.59 Å². The molecule has 2 atom stereocenters. The van der Waals surface area contributed by atoms with E-state index in [4.69, 9.17) is 9.47 Å². The van der Waals surface area contributed by atoms with Crippen LogP contribution in [0.2, 0.25) is 0 Å². The minimum Gasteiger partial charge on any atom is -0.481 e. The summed E-state index contributed by atoms with van der Waals surface area (Å²) in [7, 11) is 1.44. The number of carbonyl (C=O) groups excluding carboxylic acids is 2. The highest BCUT2D eigenvalue weighted by Crippen LogP contribution is 2.44. The third-order valence-corrected chi connectivity index (χ3v) is 6.82. The van der Waals surface area contributed by atoms with Crippen LogP contribution < -0.4 is 5.32 Å². The van der Waals surface area contributed by atoms with Crippen molar-refractivity contribution >= 4 is 18.0 Å². The number of aliphatic carboxylic acids is 1. The van der Waals surface area contributed by atoms with Crippen molar-refractivity contribution in [3.63, 3.8) is 0 Å². The van der Waals surface area contributed by atoms with Crippen LogP contribution in [0.1, 0.15) is 30.9 Å². The Morgan fingerprint density at radius 2 is 1.68 bits per heavy atom. The summed E-state index contributed by atoms with van der Waals surface area (Å²) in [6.45, 7) is 4.11. The van der Waals surface area contributed by atoms with Crippen molar-refractivity contribution in [1.29, 1.82) is 0 Å². The minimum absolute atomic E-state index is 0.0440. The molecule has 1 heterocycles. The number of alkyl carbamates (subject to hydrolysis) is 1. The van der Waals surface area contributed by atoms with E-state index in [9.17, 15) is 19.5 Å². The molecular formula is C26H30N2O6. The summed E-state index contributed by atoms with van der Waals surface area (Å²) in [6, 6.07) is 15.1. The Bertz CT molecular complexity index is 1050. The van der Waals surface area contributed by atoms with Crippen molar-refractivity contribution in [2.24, 2.45) is 11.3 Å². The lowest BCUT2D eigenvalue weighted by atomic mass is 9.82. The van der Waals surface area contributed by atoms with Gasteiger partial charge in [0.05, 0.1) is 12.5 Å². The number of hydrogen-bond donors (Lipinski definition) is 2. The summed E-state index contributed by atoms with van der Waals surface area (Å²) in [5.41, 5.74) is 3.89. The van der Waals surface area contributed by atoms with E-state index in [0.717, 1.165) is 22.3 Å². The lowest BCUT2D eigenvalue weighted by molar-refractivity contribution is -0.144. The van der Waals surface area contributed by atoms with Gasteiger partial charge in [-0.2, -0.15) is 0 Å². The average Bonchev–Trinajstić information content (AvgIpc) is 3.31. The quantitative estimate of drug-likeness (QED) is 0.650. The number of carboxylic acids is 1. The van der Waals surface area contributed by atoms with Crippen LogP contribution in [0.25, 0.3) is 11.1 Å². The van der Waals surface area contributed by atoms with Crippen molar-refractivity contribution in [1.82, 2.24) is 10.2 Å². The van der Waals surface area contributed by atoms with E-state index < -0.39 is 29.4 Å². The first-order valence-electron chi connectivity index (χ1n) is 11.3. The number of amides is 2. The second-order valence-electron chi connectivity index (χ2n) is 9.58. The Kier molecular flexibility index (Phi) is 6.61. The average molecular weight is 467 g/mol. The predicted octanol–water partition coefficient (Wildman–Crippen LogP) is 3.11. The standard InChI is InChI=1S/C26H30N2O6/c1-26(2)15-28(12-21(26)24(30)31)23(29)22(14-33-3)27-25(32)34-13-20-18-10-6-4-8-16(18)17-9-5-7-11-19(17)20/h4-11,20-22H,12-15H2,1-3H3,(H,27,32)(H,30,31). The van der Waals surface area contributed by atoms with Crippen LogP contribution in [0.3, 0.4) is 0 Å². The number of carboxylic acid groups (broad SMARTS) is 1. The Balaban J connectivity index is 1.41. The van der Waals surface area contributed by atoms with E-state index >= 15 is 0 Å². The molecule has 0 saturated carbocycles. The highest BCUT2D eigenvalue weighted by atomic mass is 16.5. The third kappa shape index (κ3) is 4.50. The third-order valence-electron chi connectivity index (χ3n) is 6.82. The minimum atomic E-state index is -0.969. The van der Waals surface area contributed by atoms with Crippen LogP contribution in [0, 0.1) is 11.3 Å². The number of nitrogens with zero attached hydrogens (tertiary/aromatic N) is 1. The highest BCUT2D eigenvalue weighted by Gasteiger charge is 2.46. The van der Waals surface area contributed by atoms with Gasteiger partial charge in [0.15, 0.2) is 0 Å². The Morgan fingerprint density at radius 1 is 1.09 bits per heavy atom. The number of methoxy groups -OCH3 is 1. The molecule has 180 valence electrons. The number of carbonyl (C=O) groups is 3. The number of nitrogens with one attached hydrogen (secondary N) is 1. The molecule has 8 nitrogen and oxygen atoms in total. The van der Waals surface area contributed by atoms with Gasteiger partial charge in [-0.25, -0.2) is 4.79 Å². The molecule has 0 aromatic heterocycles. The summed E-state index contributed by atoms with van der Waals surface area (Å²) in [5, 5.41) is 12.1. The fourth-order valence-electron chi connectivity index (χ4n) is 5.06. The fourth-order valence-corrected chi connectivity index (χ4v) is 5.06. The second kappa shape index (κ2) is 9.46. The number of likely N-dealkylation sites (tertiary alicyclic amines) is 1. The van der Waals surface area contributed by atoms with E-state index in [1.165, 1.54) is 12.0 Å². The highest BCUT2D eigenvalue weighted by molar-refractivity contribution is 5.87. The zero-order valence-electron chi connectivity index (χ0n) is 19.6. The first kappa shape index (κ1) is 23.8. The topological polar surface area (TPSA) is 105 Å². The van der Waals surface area contributed by atoms with Crippen molar-refractivity contribution in [3.05, 3.63) is 59.7 Å². The Hall–Kier alpha value is -3.39. The molecule has 2 amide bonds. The molecule has 1 aliphatic carbocycles. The molecule has 1 fully saturated rings. The lowest BCUT2D eigenvalue weighted by Gasteiger charge is -2.25. The van der Waals surface area contributed by atoms with Gasteiger partial charge in [-0.1, -0.05) is 62.4 Å². The normalized spacial score (nSPS) is 19.3. The molecule has 4 rings (SSSR count). The van der Waals surface area contributed by atoms with Crippen LogP contribution in [0.5, 0.6) is 0 Å². The van der Waals surface area contributed by atoms with Gasteiger partial charge < -0.3 is 24.8 Å². The molecule has 0 radical (unpaired) electrons. The van der Waals surface area contributed by atoms with Crippen LogP contribution in [-0.4, -0.2) is 67.4 Å². The largest absolute Gasteiger partial charge is 0.481 e. The van der Waals surface area contributed by atoms with Crippen molar-refractivity contribution < 1.29 is 29.0 Å². The molecule has 1 saturated heterocycles. The maximum absolute atomic E-state index is 13.1. The number of hydrogen-bond acceptors (Lipinski definition) is 5. The van der Waals surface area contributed by atoms with E-state index in [1.807, 2.05) is 50.2 Å². The van der Waals surface area contributed by atoms with Gasteiger partial charge in [0.1, 0.15) is 12.6 Å². The molecule has 2 aliphatic rings. The monoisotopic (exact) mass is 466 g/mol. The Labute approximate surface area is 198 Å². The summed E-state index contributed by atoms with van der Waals surface area (Å²) in [6.07, 6.45) is -0.717. The second-order valence-corrected chi connectivity index (χ2v) is 9.58. The number of rotatable bonds is 7. The van der Waals surface area contributed by atoms with Crippen LogP contribution >= 0.6 is 0 Å². The molecule has 8 heteroatoms. The van der Waals surface area contributed by atoms with Gasteiger partial charge in [-0.05, 0) is 27.7 Å². The van der Waals surface area contributed by atoms with E-state index in [-0.39, 0.29) is 38.1 Å². The van der Waals surface area contributed by atoms with Crippen molar-refractivity contribution in [2.75, 3.05) is 33.4 Å². The van der Waals surface area contributed by atoms with Gasteiger partial charge in [0.25, 0.3) is 0 Å². The van der Waals surface area contributed by atoms with E-state index in [0.29, 0.717) is 0 Å². The predicted molar refractivity (Wildman–Crippen MR) is 125 cm³/mol. The van der Waals surface area contributed by atoms with Crippen LogP contribution in [0.4, 0.5) is 4.79 Å². The summed E-state index contributed by atoms with van der Waals surface area (Å²) in [5.74, 6) is -2.08. The SMILES string of the molecule is COCC(NC(=O)OCC1c2ccccc2-c2ccccc21)C(=O)N1CC(C(=O)O)C(C)(C)C1. The van der Waals surface area contributed by atoms with E-state index in [2.05, 4.69) is 17.4 Å². The van der Waals surface area contributed by atoms with Gasteiger partial charge in [0, 0.05) is 26.1 Å². The molecule has 1 aliphatic heterocycles. The summed E-state index contributed by atoms with van der Waals surface area (Å²) >= 11 is 0. The van der Waals surface area contributed by atoms with Gasteiger partial charge >= 0.3 is 12.1 Å². The maximum Gasteiger partial charge on any atom is 0.407 e. The number of benzene rings is 2. The molecule has 2 aromatic rings. The van der Waals surface area contributed by atoms with E-state index in [1.54, 1.807) is 0 Å². The molecular weight excluding hydrogens is 436 g/mol. The number of ether oxygens (including phenoxy) is 2. The van der Waals surface area contributed by atoms with Crippen molar-refractivity contribution in [2.45, 2.75) is 25.8 Å². The van der Waals surface area contributed by atoms with Gasteiger partial charge in [-0.15, -0.1) is 0 Å². The zero-order valence-corrected chi connectivity index (χ0v) is 19.6. The summed E-state index contributed by atoms with van der Waals surface area (Å²) < 4.78 is 10.7. The first-order chi connectivity index (χ1) is 16.2. The molecule has 34 heavy (non-hydrogen) atoms. The first-order valence-corrected chi connectivity index (χ1v) is 11.3. The van der Waals surface area contributed by atoms with Crippen molar-refractivity contribution in [3.8, 4) is 11.1 Å². The Morgan fingerprint density at radius 3 is 2.21 bits per heavy atom. The fraction of sp³-hybridized carbons (Fsp3) is 0.423. The smallest absolute Gasteiger partial charge is 0.407 e. The van der Waals surface area contributed by atoms with Crippen LogP contribution in [0.15, 0.2) is 48.5 Å². The zero-order chi connectivity index (χ0) is 24.5. The maximum atomic E-state index is 13.1. The molecule has 2 N–H and O–H groups in total. The van der Waals surface area contributed by atoms with Crippen LogP contribution in [-0.2, 0) is 19.1 Å². The van der Waals surface area contributed by atoms with Gasteiger partial charge in [0.2, 0.25) is 5.91 Å². The molecule has 0 spiro atoms. The molecule has 2 unspecified atom stereocenters. The molecule has 0 bridgehead atoms. The molecule has 2 aromatic carbocycles. The lowest BCUT2D eigenvalue weighted by Crippen LogP contribution is -2.50.